The first kappa shape index (κ1) is 16.2. The maximum atomic E-state index is 13.5. The molecule has 2 atom stereocenters. The summed E-state index contributed by atoms with van der Waals surface area (Å²) in [5, 5.41) is 0. The number of hydrogen-bond acceptors (Lipinski definition) is 3. The number of benzene rings is 1. The number of amides is 1. The van der Waals surface area contributed by atoms with Gasteiger partial charge in [0.25, 0.3) is 0 Å². The molecule has 1 amide bonds. The Balaban J connectivity index is 1.74. The van der Waals surface area contributed by atoms with E-state index in [1.807, 2.05) is 0 Å². The lowest BCUT2D eigenvalue weighted by Crippen LogP contribution is -2.48. The number of carbonyl (C=O) groups is 1. The zero-order valence-corrected chi connectivity index (χ0v) is 13.9. The van der Waals surface area contributed by atoms with Crippen LogP contribution in [0.1, 0.15) is 31.7 Å². The van der Waals surface area contributed by atoms with Gasteiger partial charge in [-0.3, -0.25) is 9.69 Å². The Bertz CT molecular complexity index is 578. The van der Waals surface area contributed by atoms with E-state index in [0.29, 0.717) is 11.9 Å². The van der Waals surface area contributed by atoms with Crippen molar-refractivity contribution in [1.82, 2.24) is 9.80 Å². The molecule has 3 fully saturated rings. The van der Waals surface area contributed by atoms with Crippen molar-refractivity contribution in [2.45, 2.75) is 38.8 Å². The van der Waals surface area contributed by atoms with E-state index in [1.165, 1.54) is 13.2 Å². The molecule has 3 aliphatic rings. The molecule has 0 spiro atoms. The molecule has 1 aromatic carbocycles. The van der Waals surface area contributed by atoms with Crippen LogP contribution in [-0.2, 0) is 11.3 Å². The van der Waals surface area contributed by atoms with E-state index in [-0.39, 0.29) is 17.5 Å². The molecule has 0 radical (unpaired) electrons. The normalized spacial score (nSPS) is 24.8. The summed E-state index contributed by atoms with van der Waals surface area (Å²) >= 11 is 0. The lowest BCUT2D eigenvalue weighted by atomic mass is 9.94. The SMILES string of the molecule is CCCN1C(=O)[C@H]2CC[C@@H]1CN(Cc1ccc(F)c(OC)c1)C2. The molecule has 0 unspecified atom stereocenters. The van der Waals surface area contributed by atoms with Crippen LogP contribution in [0.15, 0.2) is 18.2 Å². The van der Waals surface area contributed by atoms with Gasteiger partial charge in [0.1, 0.15) is 0 Å². The summed E-state index contributed by atoms with van der Waals surface area (Å²) < 4.78 is 18.6. The highest BCUT2D eigenvalue weighted by atomic mass is 19.1. The summed E-state index contributed by atoms with van der Waals surface area (Å²) in [6.07, 6.45) is 3.09. The monoisotopic (exact) mass is 320 g/mol. The zero-order chi connectivity index (χ0) is 16.4. The summed E-state index contributed by atoms with van der Waals surface area (Å²) in [6.45, 7) is 5.42. The summed E-state index contributed by atoms with van der Waals surface area (Å²) in [4.78, 5) is 17.0. The van der Waals surface area contributed by atoms with Gasteiger partial charge in [-0.25, -0.2) is 4.39 Å². The molecule has 0 N–H and O–H groups in total. The van der Waals surface area contributed by atoms with Crippen LogP contribution in [0, 0.1) is 11.7 Å². The Morgan fingerprint density at radius 2 is 2.13 bits per heavy atom. The summed E-state index contributed by atoms with van der Waals surface area (Å²) in [5.41, 5.74) is 1.03. The van der Waals surface area contributed by atoms with Crippen LogP contribution in [0.3, 0.4) is 0 Å². The summed E-state index contributed by atoms with van der Waals surface area (Å²) in [6, 6.07) is 5.34. The Labute approximate surface area is 137 Å². The van der Waals surface area contributed by atoms with Crippen molar-refractivity contribution in [3.63, 3.8) is 0 Å². The van der Waals surface area contributed by atoms with Crippen molar-refractivity contribution in [1.29, 1.82) is 0 Å². The van der Waals surface area contributed by atoms with Gasteiger partial charge >= 0.3 is 0 Å². The van der Waals surface area contributed by atoms with E-state index in [4.69, 9.17) is 4.74 Å². The molecule has 0 saturated carbocycles. The third kappa shape index (κ3) is 3.34. The summed E-state index contributed by atoms with van der Waals surface area (Å²) in [5.74, 6) is 0.380. The standard InChI is InChI=1S/C18H25FN2O2/c1-3-8-21-15-6-5-14(18(21)22)11-20(12-15)10-13-4-7-16(19)17(9-13)23-2/h4,7,9,14-15H,3,5-6,8,10-12H2,1-2H3/t14-,15+/m0/s1. The first-order valence-corrected chi connectivity index (χ1v) is 8.47. The molecule has 3 aliphatic heterocycles. The van der Waals surface area contributed by atoms with Gasteiger partial charge in [-0.15, -0.1) is 0 Å². The highest BCUT2D eigenvalue weighted by molar-refractivity contribution is 5.80. The third-order valence-corrected chi connectivity index (χ3v) is 4.96. The fourth-order valence-electron chi connectivity index (χ4n) is 3.85. The molecule has 2 bridgehead atoms. The second kappa shape index (κ2) is 6.87. The smallest absolute Gasteiger partial charge is 0.227 e. The molecular weight excluding hydrogens is 295 g/mol. The molecule has 4 nitrogen and oxygen atoms in total. The van der Waals surface area contributed by atoms with E-state index < -0.39 is 0 Å². The van der Waals surface area contributed by atoms with E-state index in [9.17, 15) is 9.18 Å². The van der Waals surface area contributed by atoms with Gasteiger partial charge in [0.15, 0.2) is 11.6 Å². The van der Waals surface area contributed by atoms with Crippen LogP contribution in [-0.4, -0.2) is 48.5 Å². The van der Waals surface area contributed by atoms with Crippen LogP contribution in [0.2, 0.25) is 0 Å². The largest absolute Gasteiger partial charge is 0.494 e. The molecule has 1 aromatic rings. The minimum Gasteiger partial charge on any atom is -0.494 e. The maximum absolute atomic E-state index is 13.5. The van der Waals surface area contributed by atoms with E-state index >= 15 is 0 Å². The lowest BCUT2D eigenvalue weighted by molar-refractivity contribution is -0.139. The molecule has 5 heteroatoms. The number of fused-ring (bicyclic) bond motifs is 4. The van der Waals surface area contributed by atoms with Gasteiger partial charge in [0.2, 0.25) is 5.91 Å². The predicted molar refractivity (Wildman–Crippen MR) is 86.7 cm³/mol. The molecule has 0 aliphatic carbocycles. The van der Waals surface area contributed by atoms with Crippen LogP contribution in [0.25, 0.3) is 0 Å². The fraction of sp³-hybridized carbons (Fsp3) is 0.611. The Kier molecular flexibility index (Phi) is 4.85. The van der Waals surface area contributed by atoms with Crippen LogP contribution in [0.4, 0.5) is 4.39 Å². The number of piperidine rings is 1. The molecule has 3 saturated heterocycles. The van der Waals surface area contributed by atoms with Gasteiger partial charge in [0, 0.05) is 32.2 Å². The first-order valence-electron chi connectivity index (χ1n) is 8.47. The number of rotatable bonds is 5. The van der Waals surface area contributed by atoms with Crippen molar-refractivity contribution in [3.8, 4) is 5.75 Å². The van der Waals surface area contributed by atoms with Crippen molar-refractivity contribution in [2.24, 2.45) is 5.92 Å². The number of methoxy groups -OCH3 is 1. The molecule has 0 aromatic heterocycles. The lowest BCUT2D eigenvalue weighted by Gasteiger charge is -2.35. The average Bonchev–Trinajstić information content (AvgIpc) is 2.81. The Hall–Kier alpha value is -1.62. The molecule has 3 heterocycles. The van der Waals surface area contributed by atoms with Crippen LogP contribution < -0.4 is 4.74 Å². The number of carbonyl (C=O) groups excluding carboxylic acids is 1. The Morgan fingerprint density at radius 3 is 2.87 bits per heavy atom. The van der Waals surface area contributed by atoms with Gasteiger partial charge in [-0.05, 0) is 37.0 Å². The van der Waals surface area contributed by atoms with E-state index in [0.717, 1.165) is 51.0 Å². The predicted octanol–water partition coefficient (Wildman–Crippen LogP) is 2.67. The van der Waals surface area contributed by atoms with Gasteiger partial charge < -0.3 is 9.64 Å². The van der Waals surface area contributed by atoms with Gasteiger partial charge in [0.05, 0.1) is 13.0 Å². The molecule has 126 valence electrons. The number of ether oxygens (including phenoxy) is 1. The number of halogens is 1. The summed E-state index contributed by atoms with van der Waals surface area (Å²) in [7, 11) is 1.48. The van der Waals surface area contributed by atoms with E-state index in [1.54, 1.807) is 12.1 Å². The second-order valence-electron chi connectivity index (χ2n) is 6.62. The highest BCUT2D eigenvalue weighted by Gasteiger charge is 2.39. The van der Waals surface area contributed by atoms with E-state index in [2.05, 4.69) is 16.7 Å². The quantitative estimate of drug-likeness (QED) is 0.836. The number of nitrogens with zero attached hydrogens (tertiary/aromatic N) is 2. The van der Waals surface area contributed by atoms with Crippen molar-refractivity contribution in [3.05, 3.63) is 29.6 Å². The Morgan fingerprint density at radius 1 is 1.30 bits per heavy atom. The number of hydrogen-bond donors (Lipinski definition) is 0. The topological polar surface area (TPSA) is 32.8 Å². The van der Waals surface area contributed by atoms with Gasteiger partial charge in [-0.2, -0.15) is 0 Å². The van der Waals surface area contributed by atoms with Crippen molar-refractivity contribution >= 4 is 5.91 Å². The minimum absolute atomic E-state index is 0.114. The van der Waals surface area contributed by atoms with Crippen LogP contribution >= 0.6 is 0 Å². The fourth-order valence-corrected chi connectivity index (χ4v) is 3.85. The molecule has 4 rings (SSSR count). The van der Waals surface area contributed by atoms with Crippen LogP contribution in [0.5, 0.6) is 5.75 Å². The second-order valence-corrected chi connectivity index (χ2v) is 6.62. The molecule has 23 heavy (non-hydrogen) atoms. The maximum Gasteiger partial charge on any atom is 0.227 e. The van der Waals surface area contributed by atoms with Crippen molar-refractivity contribution < 1.29 is 13.9 Å². The molecular formula is C18H25FN2O2. The highest BCUT2D eigenvalue weighted by Crippen LogP contribution is 2.30. The zero-order valence-electron chi connectivity index (χ0n) is 13.9. The average molecular weight is 320 g/mol. The first-order chi connectivity index (χ1) is 11.1. The van der Waals surface area contributed by atoms with Gasteiger partial charge in [-0.1, -0.05) is 13.0 Å². The van der Waals surface area contributed by atoms with Crippen molar-refractivity contribution in [2.75, 3.05) is 26.7 Å². The third-order valence-electron chi connectivity index (χ3n) is 4.96. The minimum atomic E-state index is -0.337.